The van der Waals surface area contributed by atoms with Gasteiger partial charge in [0, 0.05) is 12.2 Å². The number of ether oxygens (including phenoxy) is 2. The third-order valence-electron chi connectivity index (χ3n) is 5.47. The Bertz CT molecular complexity index is 1210. The number of carbonyl (C=O) groups excluding carboxylic acids is 4. The van der Waals surface area contributed by atoms with Crippen LogP contribution in [0.15, 0.2) is 78.9 Å². The van der Waals surface area contributed by atoms with E-state index in [-0.39, 0.29) is 13.0 Å². The van der Waals surface area contributed by atoms with Gasteiger partial charge in [0.2, 0.25) is 0 Å². The van der Waals surface area contributed by atoms with Crippen LogP contribution in [0.2, 0.25) is 0 Å². The van der Waals surface area contributed by atoms with Crippen LogP contribution in [0.1, 0.15) is 39.6 Å². The van der Waals surface area contributed by atoms with Crippen LogP contribution in [0.4, 0.5) is 5.69 Å². The summed E-state index contributed by atoms with van der Waals surface area (Å²) in [5.41, 5.74) is 2.20. The standard InChI is InChI=1S/C27H24N2O6/c1-18(35-24(30)15-16-29-26(32)22-9-5-6-10-23(22)27(29)33)25(31)28-20-11-13-21(14-12-20)34-17-19-7-3-2-4-8-19/h2-14,18H,15-17H2,1H3,(H,28,31). The second-order valence-electron chi connectivity index (χ2n) is 7.98. The lowest BCUT2D eigenvalue weighted by molar-refractivity contribution is -0.153. The molecule has 0 aliphatic carbocycles. The van der Waals surface area contributed by atoms with Gasteiger partial charge in [-0.15, -0.1) is 0 Å². The van der Waals surface area contributed by atoms with Gasteiger partial charge in [-0.05, 0) is 48.9 Å². The summed E-state index contributed by atoms with van der Waals surface area (Å²) in [5, 5.41) is 2.68. The van der Waals surface area contributed by atoms with Gasteiger partial charge in [-0.2, -0.15) is 0 Å². The van der Waals surface area contributed by atoms with Gasteiger partial charge in [-0.25, -0.2) is 0 Å². The fourth-order valence-electron chi connectivity index (χ4n) is 3.57. The summed E-state index contributed by atoms with van der Waals surface area (Å²) in [5.74, 6) is -1.42. The number of benzene rings is 3. The first kappa shape index (κ1) is 23.7. The minimum absolute atomic E-state index is 0.121. The fourth-order valence-corrected chi connectivity index (χ4v) is 3.57. The summed E-state index contributed by atoms with van der Waals surface area (Å²) >= 11 is 0. The molecule has 1 heterocycles. The van der Waals surface area contributed by atoms with Crippen LogP contribution >= 0.6 is 0 Å². The maximum Gasteiger partial charge on any atom is 0.308 e. The minimum atomic E-state index is -1.06. The van der Waals surface area contributed by atoms with Crippen molar-refractivity contribution in [1.29, 1.82) is 0 Å². The summed E-state index contributed by atoms with van der Waals surface area (Å²) in [6.45, 7) is 1.76. The fraction of sp³-hybridized carbons (Fsp3) is 0.185. The predicted molar refractivity (Wildman–Crippen MR) is 128 cm³/mol. The highest BCUT2D eigenvalue weighted by Crippen LogP contribution is 2.22. The molecule has 1 aliphatic heterocycles. The van der Waals surface area contributed by atoms with Crippen LogP contribution in [0, 0.1) is 0 Å². The van der Waals surface area contributed by atoms with E-state index in [1.165, 1.54) is 6.92 Å². The van der Waals surface area contributed by atoms with Crippen molar-refractivity contribution in [1.82, 2.24) is 4.90 Å². The largest absolute Gasteiger partial charge is 0.489 e. The van der Waals surface area contributed by atoms with Crippen LogP contribution in [-0.2, 0) is 20.9 Å². The van der Waals surface area contributed by atoms with Gasteiger partial charge >= 0.3 is 5.97 Å². The molecule has 0 fully saturated rings. The maximum atomic E-state index is 12.4. The highest BCUT2D eigenvalue weighted by atomic mass is 16.5. The maximum absolute atomic E-state index is 12.4. The van der Waals surface area contributed by atoms with Gasteiger partial charge in [0.15, 0.2) is 6.10 Å². The van der Waals surface area contributed by atoms with Crippen molar-refractivity contribution >= 4 is 29.4 Å². The molecule has 3 aromatic carbocycles. The number of hydrogen-bond donors (Lipinski definition) is 1. The molecule has 0 aromatic heterocycles. The van der Waals surface area contributed by atoms with E-state index in [2.05, 4.69) is 5.32 Å². The lowest BCUT2D eigenvalue weighted by Crippen LogP contribution is -2.34. The van der Waals surface area contributed by atoms with Gasteiger partial charge in [-0.1, -0.05) is 42.5 Å². The second-order valence-corrected chi connectivity index (χ2v) is 7.98. The quantitative estimate of drug-likeness (QED) is 0.375. The summed E-state index contributed by atoms with van der Waals surface area (Å²) in [6, 6.07) is 23.1. The summed E-state index contributed by atoms with van der Waals surface area (Å²) in [6.07, 6.45) is -1.27. The first-order valence-corrected chi connectivity index (χ1v) is 11.1. The van der Waals surface area contributed by atoms with E-state index in [0.717, 1.165) is 10.5 Å². The number of esters is 1. The SMILES string of the molecule is CC(OC(=O)CCN1C(=O)c2ccccc2C1=O)C(=O)Nc1ccc(OCc2ccccc2)cc1. The average Bonchev–Trinajstić information content (AvgIpc) is 3.12. The summed E-state index contributed by atoms with van der Waals surface area (Å²) in [7, 11) is 0. The molecule has 0 radical (unpaired) electrons. The lowest BCUT2D eigenvalue weighted by Gasteiger charge is -2.16. The zero-order chi connectivity index (χ0) is 24.8. The van der Waals surface area contributed by atoms with Gasteiger partial charge in [0.1, 0.15) is 12.4 Å². The van der Waals surface area contributed by atoms with E-state index in [0.29, 0.717) is 29.2 Å². The third-order valence-corrected chi connectivity index (χ3v) is 5.47. The first-order valence-electron chi connectivity index (χ1n) is 11.1. The Balaban J connectivity index is 1.22. The van der Waals surface area contributed by atoms with E-state index < -0.39 is 29.8 Å². The van der Waals surface area contributed by atoms with Crippen LogP contribution in [0.25, 0.3) is 0 Å². The molecule has 3 amide bonds. The number of rotatable bonds is 9. The number of nitrogens with zero attached hydrogens (tertiary/aromatic N) is 1. The topological polar surface area (TPSA) is 102 Å². The molecule has 0 bridgehead atoms. The molecule has 8 heteroatoms. The van der Waals surface area contributed by atoms with Gasteiger partial charge in [-0.3, -0.25) is 24.1 Å². The van der Waals surface area contributed by atoms with E-state index >= 15 is 0 Å². The predicted octanol–water partition coefficient (Wildman–Crippen LogP) is 3.82. The molecule has 3 aromatic rings. The molecule has 0 spiro atoms. The Morgan fingerprint density at radius 1 is 0.857 bits per heavy atom. The molecule has 4 rings (SSSR count). The highest BCUT2D eigenvalue weighted by Gasteiger charge is 2.35. The Hall–Kier alpha value is -4.46. The molecule has 1 unspecified atom stereocenters. The van der Waals surface area contributed by atoms with E-state index in [4.69, 9.17) is 9.47 Å². The number of carbonyl (C=O) groups is 4. The molecular weight excluding hydrogens is 448 g/mol. The molecule has 8 nitrogen and oxygen atoms in total. The third kappa shape index (κ3) is 5.73. The van der Waals surface area contributed by atoms with E-state index in [1.807, 2.05) is 30.3 Å². The number of imide groups is 1. The van der Waals surface area contributed by atoms with Gasteiger partial charge in [0.25, 0.3) is 17.7 Å². The molecule has 1 atom stereocenters. The zero-order valence-electron chi connectivity index (χ0n) is 19.1. The molecule has 1 aliphatic rings. The Morgan fingerprint density at radius 3 is 2.09 bits per heavy atom. The van der Waals surface area contributed by atoms with Crippen molar-refractivity contribution in [3.8, 4) is 5.75 Å². The van der Waals surface area contributed by atoms with Gasteiger partial charge in [0.05, 0.1) is 17.5 Å². The van der Waals surface area contributed by atoms with Crippen molar-refractivity contribution in [3.63, 3.8) is 0 Å². The number of fused-ring (bicyclic) bond motifs is 1. The number of amides is 3. The Morgan fingerprint density at radius 2 is 1.46 bits per heavy atom. The smallest absolute Gasteiger partial charge is 0.308 e. The molecule has 178 valence electrons. The van der Waals surface area contributed by atoms with Gasteiger partial charge < -0.3 is 14.8 Å². The second kappa shape index (κ2) is 10.6. The number of anilines is 1. The minimum Gasteiger partial charge on any atom is -0.489 e. The molecule has 1 N–H and O–H groups in total. The van der Waals surface area contributed by atoms with E-state index in [9.17, 15) is 19.2 Å². The zero-order valence-corrected chi connectivity index (χ0v) is 19.1. The van der Waals surface area contributed by atoms with Crippen molar-refractivity contribution in [2.45, 2.75) is 26.1 Å². The first-order chi connectivity index (χ1) is 16.9. The number of nitrogens with one attached hydrogen (secondary N) is 1. The van der Waals surface area contributed by atoms with Crippen molar-refractivity contribution in [3.05, 3.63) is 95.6 Å². The van der Waals surface area contributed by atoms with Crippen LogP contribution in [0.5, 0.6) is 5.75 Å². The van der Waals surface area contributed by atoms with Crippen molar-refractivity contribution in [2.24, 2.45) is 0 Å². The molecular formula is C27H24N2O6. The Kier molecular flexibility index (Phi) is 7.21. The molecule has 35 heavy (non-hydrogen) atoms. The Labute approximate surface area is 202 Å². The summed E-state index contributed by atoms with van der Waals surface area (Å²) in [4.78, 5) is 50.4. The molecule has 0 saturated carbocycles. The normalized spacial score (nSPS) is 13.2. The van der Waals surface area contributed by atoms with E-state index in [1.54, 1.807) is 48.5 Å². The van der Waals surface area contributed by atoms with Crippen LogP contribution in [0.3, 0.4) is 0 Å². The van der Waals surface area contributed by atoms with Crippen molar-refractivity contribution < 1.29 is 28.7 Å². The monoisotopic (exact) mass is 472 g/mol. The summed E-state index contributed by atoms with van der Waals surface area (Å²) < 4.78 is 10.9. The number of hydrogen-bond acceptors (Lipinski definition) is 6. The van der Waals surface area contributed by atoms with Crippen LogP contribution in [-0.4, -0.2) is 41.2 Å². The highest BCUT2D eigenvalue weighted by molar-refractivity contribution is 6.21. The average molecular weight is 472 g/mol. The molecule has 0 saturated heterocycles. The van der Waals surface area contributed by atoms with Crippen LogP contribution < -0.4 is 10.1 Å². The van der Waals surface area contributed by atoms with Crippen molar-refractivity contribution in [2.75, 3.05) is 11.9 Å². The lowest BCUT2D eigenvalue weighted by atomic mass is 10.1.